The number of hydrogen-bond donors (Lipinski definition) is 4. The fourth-order valence-corrected chi connectivity index (χ4v) is 1.03. The zero-order valence-electron chi connectivity index (χ0n) is 6.08. The molecular weight excluding hydrogens is 152 g/mol. The summed E-state index contributed by atoms with van der Waals surface area (Å²) in [5, 5.41) is 36.0. The van der Waals surface area contributed by atoms with Crippen molar-refractivity contribution in [2.24, 2.45) is 0 Å². The second-order valence-corrected chi connectivity index (χ2v) is 2.70. The molecule has 11 heavy (non-hydrogen) atoms. The van der Waals surface area contributed by atoms with Crippen LogP contribution in [0.5, 0.6) is 0 Å². The van der Waals surface area contributed by atoms with Crippen molar-refractivity contribution in [3.05, 3.63) is 0 Å². The summed E-state index contributed by atoms with van der Waals surface area (Å²) in [4.78, 5) is 0. The van der Waals surface area contributed by atoms with Crippen molar-refractivity contribution < 1.29 is 25.2 Å². The van der Waals surface area contributed by atoms with Crippen molar-refractivity contribution in [2.75, 3.05) is 0 Å². The summed E-state index contributed by atoms with van der Waals surface area (Å²) in [6.07, 6.45) is -5.99. The molecule has 0 spiro atoms. The normalized spacial score (nSPS) is 52.6. The van der Waals surface area contributed by atoms with Gasteiger partial charge in [-0.25, -0.2) is 0 Å². The summed E-state index contributed by atoms with van der Waals surface area (Å²) in [5.41, 5.74) is 0. The molecule has 1 aliphatic rings. The molecular formula is C6H12O5. The van der Waals surface area contributed by atoms with E-state index in [0.717, 1.165) is 0 Å². The fraction of sp³-hybridized carbons (Fsp3) is 1.00. The van der Waals surface area contributed by atoms with Gasteiger partial charge in [0.05, 0.1) is 6.10 Å². The summed E-state index contributed by atoms with van der Waals surface area (Å²) < 4.78 is 4.68. The molecule has 1 rings (SSSR count). The van der Waals surface area contributed by atoms with Crippen molar-refractivity contribution >= 4 is 0 Å². The van der Waals surface area contributed by atoms with Crippen LogP contribution in [-0.2, 0) is 4.74 Å². The van der Waals surface area contributed by atoms with Crippen LogP contribution in [0.2, 0.25) is 0 Å². The topological polar surface area (TPSA) is 90.2 Å². The first-order valence-electron chi connectivity index (χ1n) is 3.41. The van der Waals surface area contributed by atoms with Crippen LogP contribution in [-0.4, -0.2) is 51.1 Å². The van der Waals surface area contributed by atoms with Gasteiger partial charge in [-0.05, 0) is 6.92 Å². The average Bonchev–Trinajstić information content (AvgIpc) is 1.97. The molecule has 1 aliphatic heterocycles. The van der Waals surface area contributed by atoms with E-state index in [1.165, 1.54) is 6.92 Å². The molecule has 0 aromatic heterocycles. The number of hydrogen-bond acceptors (Lipinski definition) is 5. The van der Waals surface area contributed by atoms with Crippen molar-refractivity contribution in [3.63, 3.8) is 0 Å². The molecule has 0 radical (unpaired) electrons. The molecule has 66 valence electrons. The Bertz CT molecular complexity index is 125. The highest BCUT2D eigenvalue weighted by Gasteiger charge is 2.40. The second kappa shape index (κ2) is 3.04. The van der Waals surface area contributed by atoms with Crippen molar-refractivity contribution in [1.82, 2.24) is 0 Å². The molecule has 0 saturated carbocycles. The van der Waals surface area contributed by atoms with Gasteiger partial charge in [-0.1, -0.05) is 0 Å². The summed E-state index contributed by atoms with van der Waals surface area (Å²) in [6.45, 7) is 1.50. The van der Waals surface area contributed by atoms with Gasteiger partial charge < -0.3 is 25.2 Å². The van der Waals surface area contributed by atoms with Gasteiger partial charge in [0, 0.05) is 0 Å². The first kappa shape index (κ1) is 8.89. The fourth-order valence-electron chi connectivity index (χ4n) is 1.03. The van der Waals surface area contributed by atoms with Gasteiger partial charge in [0.2, 0.25) is 0 Å². The molecule has 5 atom stereocenters. The lowest BCUT2D eigenvalue weighted by atomic mass is 10.0. The highest BCUT2D eigenvalue weighted by molar-refractivity contribution is 4.86. The van der Waals surface area contributed by atoms with Crippen molar-refractivity contribution in [1.29, 1.82) is 0 Å². The van der Waals surface area contributed by atoms with Crippen LogP contribution in [0.1, 0.15) is 6.92 Å². The monoisotopic (exact) mass is 164 g/mol. The third-order valence-electron chi connectivity index (χ3n) is 1.83. The third-order valence-corrected chi connectivity index (χ3v) is 1.83. The Kier molecular flexibility index (Phi) is 2.46. The van der Waals surface area contributed by atoms with Gasteiger partial charge in [0.1, 0.15) is 18.3 Å². The second-order valence-electron chi connectivity index (χ2n) is 2.70. The van der Waals surface area contributed by atoms with Gasteiger partial charge in [0.15, 0.2) is 6.29 Å². The van der Waals surface area contributed by atoms with E-state index in [0.29, 0.717) is 0 Å². The van der Waals surface area contributed by atoms with Crippen LogP contribution in [0.15, 0.2) is 0 Å². The minimum atomic E-state index is -1.43. The zero-order valence-corrected chi connectivity index (χ0v) is 6.08. The van der Waals surface area contributed by atoms with Crippen LogP contribution < -0.4 is 0 Å². The summed E-state index contributed by atoms with van der Waals surface area (Å²) in [7, 11) is 0. The Morgan fingerprint density at radius 2 is 1.45 bits per heavy atom. The molecule has 0 aromatic carbocycles. The minimum Gasteiger partial charge on any atom is -0.388 e. The molecule has 1 heterocycles. The Morgan fingerprint density at radius 1 is 0.909 bits per heavy atom. The molecule has 0 amide bonds. The zero-order chi connectivity index (χ0) is 8.59. The predicted molar refractivity (Wildman–Crippen MR) is 34.6 cm³/mol. The lowest BCUT2D eigenvalue weighted by Crippen LogP contribution is -2.56. The van der Waals surface area contributed by atoms with E-state index in [-0.39, 0.29) is 0 Å². The first-order chi connectivity index (χ1) is 5.04. The molecule has 0 aliphatic carbocycles. The maximum atomic E-state index is 9.09. The summed E-state index contributed by atoms with van der Waals surface area (Å²) >= 11 is 0. The van der Waals surface area contributed by atoms with Gasteiger partial charge in [-0.2, -0.15) is 0 Å². The molecule has 1 saturated heterocycles. The lowest BCUT2D eigenvalue weighted by Gasteiger charge is -2.36. The standard InChI is InChI=1S/C6H12O5/c1-2-3(7)4(8)5(9)6(10)11-2/h2-10H,1H3/t2-,3+,4-,5-,6?/m0/s1. The van der Waals surface area contributed by atoms with E-state index in [4.69, 9.17) is 20.4 Å². The van der Waals surface area contributed by atoms with Gasteiger partial charge in [0.25, 0.3) is 0 Å². The minimum absolute atomic E-state index is 0.664. The number of aliphatic hydroxyl groups excluding tert-OH is 4. The van der Waals surface area contributed by atoms with Crippen molar-refractivity contribution in [3.8, 4) is 0 Å². The van der Waals surface area contributed by atoms with E-state index in [1.54, 1.807) is 0 Å². The summed E-state index contributed by atoms with van der Waals surface area (Å²) in [6, 6.07) is 0. The Hall–Kier alpha value is -0.200. The summed E-state index contributed by atoms with van der Waals surface area (Å²) in [5.74, 6) is 0. The maximum Gasteiger partial charge on any atom is 0.183 e. The highest BCUT2D eigenvalue weighted by Crippen LogP contribution is 2.18. The first-order valence-corrected chi connectivity index (χ1v) is 3.41. The van der Waals surface area contributed by atoms with Gasteiger partial charge in [-0.15, -0.1) is 0 Å². The average molecular weight is 164 g/mol. The Balaban J connectivity index is 2.63. The Morgan fingerprint density at radius 3 is 2.00 bits per heavy atom. The van der Waals surface area contributed by atoms with E-state index in [1.807, 2.05) is 0 Å². The van der Waals surface area contributed by atoms with Crippen LogP contribution >= 0.6 is 0 Å². The molecule has 5 nitrogen and oxygen atoms in total. The Labute approximate surface area is 63.8 Å². The SMILES string of the molecule is C[C@@H]1OC(O)[C@@H](O)[C@@H](O)[C@@H]1O. The molecule has 1 unspecified atom stereocenters. The molecule has 4 N–H and O–H groups in total. The smallest absolute Gasteiger partial charge is 0.183 e. The van der Waals surface area contributed by atoms with E-state index in [9.17, 15) is 0 Å². The van der Waals surface area contributed by atoms with E-state index < -0.39 is 30.7 Å². The largest absolute Gasteiger partial charge is 0.388 e. The molecule has 1 fully saturated rings. The van der Waals surface area contributed by atoms with Gasteiger partial charge >= 0.3 is 0 Å². The molecule has 0 aromatic rings. The highest BCUT2D eigenvalue weighted by atomic mass is 16.6. The van der Waals surface area contributed by atoms with Crippen molar-refractivity contribution in [2.45, 2.75) is 37.6 Å². The maximum absolute atomic E-state index is 9.09. The van der Waals surface area contributed by atoms with E-state index >= 15 is 0 Å². The van der Waals surface area contributed by atoms with Crippen LogP contribution in [0.4, 0.5) is 0 Å². The predicted octanol–water partition coefficient (Wildman–Crippen LogP) is -2.19. The molecule has 5 heteroatoms. The van der Waals surface area contributed by atoms with Gasteiger partial charge in [-0.3, -0.25) is 0 Å². The number of ether oxygens (including phenoxy) is 1. The van der Waals surface area contributed by atoms with Crippen LogP contribution in [0.25, 0.3) is 0 Å². The number of aliphatic hydroxyl groups is 4. The molecule has 0 bridgehead atoms. The quantitative estimate of drug-likeness (QED) is 0.326. The lowest BCUT2D eigenvalue weighted by molar-refractivity contribution is -0.277. The number of rotatable bonds is 0. The third kappa shape index (κ3) is 1.52. The van der Waals surface area contributed by atoms with Crippen LogP contribution in [0, 0.1) is 0 Å². The van der Waals surface area contributed by atoms with Crippen LogP contribution in [0.3, 0.4) is 0 Å². The van der Waals surface area contributed by atoms with E-state index in [2.05, 4.69) is 4.74 Å².